The van der Waals surface area contributed by atoms with E-state index in [0.29, 0.717) is 11.3 Å². The third-order valence-corrected chi connectivity index (χ3v) is 5.80. The standard InChI is InChI=1S/C22H30N2O3S/c1-6-7-18(4)23-22(25)20-12-10-19(11-13-20)15-24(28(5,26)27)21-14-16(2)8-9-17(21)3/h8-14,18H,6-7,15H2,1-5H3,(H,23,25). The van der Waals surface area contributed by atoms with E-state index in [1.165, 1.54) is 10.6 Å². The van der Waals surface area contributed by atoms with E-state index < -0.39 is 10.0 Å². The van der Waals surface area contributed by atoms with Gasteiger partial charge in [-0.25, -0.2) is 8.42 Å². The van der Waals surface area contributed by atoms with Crippen molar-refractivity contribution in [1.82, 2.24) is 5.32 Å². The number of nitrogens with zero attached hydrogens (tertiary/aromatic N) is 1. The largest absolute Gasteiger partial charge is 0.350 e. The van der Waals surface area contributed by atoms with Gasteiger partial charge in [-0.15, -0.1) is 0 Å². The first-order chi connectivity index (χ1) is 13.1. The van der Waals surface area contributed by atoms with Gasteiger partial charge in [-0.1, -0.05) is 37.6 Å². The van der Waals surface area contributed by atoms with Crippen LogP contribution in [0.25, 0.3) is 0 Å². The lowest BCUT2D eigenvalue weighted by molar-refractivity contribution is 0.0938. The number of rotatable bonds is 8. The van der Waals surface area contributed by atoms with Crippen molar-refractivity contribution < 1.29 is 13.2 Å². The maximum Gasteiger partial charge on any atom is 0.251 e. The Kier molecular flexibility index (Phi) is 7.24. The first-order valence-electron chi connectivity index (χ1n) is 9.56. The number of amides is 1. The third-order valence-electron chi connectivity index (χ3n) is 4.68. The summed E-state index contributed by atoms with van der Waals surface area (Å²) in [7, 11) is -3.45. The lowest BCUT2D eigenvalue weighted by Crippen LogP contribution is -2.32. The molecule has 0 aliphatic carbocycles. The summed E-state index contributed by atoms with van der Waals surface area (Å²) in [5, 5.41) is 2.98. The molecule has 1 atom stereocenters. The zero-order chi connectivity index (χ0) is 20.9. The highest BCUT2D eigenvalue weighted by Gasteiger charge is 2.20. The summed E-state index contributed by atoms with van der Waals surface area (Å²) in [5.41, 5.74) is 3.98. The van der Waals surface area contributed by atoms with Crippen molar-refractivity contribution in [2.75, 3.05) is 10.6 Å². The molecule has 152 valence electrons. The fraction of sp³-hybridized carbons (Fsp3) is 0.409. The summed E-state index contributed by atoms with van der Waals surface area (Å²) in [6.07, 6.45) is 3.16. The third kappa shape index (κ3) is 5.83. The molecule has 5 nitrogen and oxygen atoms in total. The lowest BCUT2D eigenvalue weighted by Gasteiger charge is -2.25. The van der Waals surface area contributed by atoms with Gasteiger partial charge in [-0.2, -0.15) is 0 Å². The van der Waals surface area contributed by atoms with Gasteiger partial charge in [0, 0.05) is 11.6 Å². The molecule has 0 aliphatic heterocycles. The topological polar surface area (TPSA) is 66.5 Å². The maximum atomic E-state index is 12.4. The zero-order valence-corrected chi connectivity index (χ0v) is 18.1. The van der Waals surface area contributed by atoms with E-state index in [1.54, 1.807) is 12.1 Å². The van der Waals surface area contributed by atoms with Gasteiger partial charge in [0.15, 0.2) is 0 Å². The Morgan fingerprint density at radius 2 is 1.75 bits per heavy atom. The van der Waals surface area contributed by atoms with Crippen molar-refractivity contribution in [2.45, 2.75) is 53.1 Å². The highest BCUT2D eigenvalue weighted by molar-refractivity contribution is 7.92. The van der Waals surface area contributed by atoms with E-state index in [1.807, 2.05) is 51.1 Å². The second-order valence-electron chi connectivity index (χ2n) is 7.42. The van der Waals surface area contributed by atoms with E-state index in [-0.39, 0.29) is 18.5 Å². The highest BCUT2D eigenvalue weighted by Crippen LogP contribution is 2.26. The fourth-order valence-corrected chi connectivity index (χ4v) is 4.05. The van der Waals surface area contributed by atoms with Crippen LogP contribution in [0.15, 0.2) is 42.5 Å². The van der Waals surface area contributed by atoms with Gasteiger partial charge in [0.25, 0.3) is 5.91 Å². The lowest BCUT2D eigenvalue weighted by atomic mass is 10.1. The van der Waals surface area contributed by atoms with Gasteiger partial charge in [0.1, 0.15) is 0 Å². The first kappa shape index (κ1) is 22.0. The van der Waals surface area contributed by atoms with Gasteiger partial charge in [0.2, 0.25) is 10.0 Å². The van der Waals surface area contributed by atoms with Gasteiger partial charge < -0.3 is 5.32 Å². The van der Waals surface area contributed by atoms with Crippen LogP contribution in [0.3, 0.4) is 0 Å². The molecule has 2 aromatic carbocycles. The average Bonchev–Trinajstić information content (AvgIpc) is 2.61. The fourth-order valence-electron chi connectivity index (χ4n) is 3.11. The monoisotopic (exact) mass is 402 g/mol. The van der Waals surface area contributed by atoms with Crippen LogP contribution in [0.1, 0.15) is 53.7 Å². The Bertz CT molecular complexity index is 921. The van der Waals surface area contributed by atoms with Gasteiger partial charge >= 0.3 is 0 Å². The van der Waals surface area contributed by atoms with Crippen molar-refractivity contribution in [1.29, 1.82) is 0 Å². The van der Waals surface area contributed by atoms with Crippen molar-refractivity contribution in [2.24, 2.45) is 0 Å². The maximum absolute atomic E-state index is 12.4. The van der Waals surface area contributed by atoms with E-state index in [0.717, 1.165) is 29.5 Å². The van der Waals surface area contributed by atoms with E-state index >= 15 is 0 Å². The van der Waals surface area contributed by atoms with Crippen LogP contribution < -0.4 is 9.62 Å². The van der Waals surface area contributed by atoms with Gasteiger partial charge in [-0.05, 0) is 62.1 Å². The van der Waals surface area contributed by atoms with Crippen molar-refractivity contribution in [3.05, 3.63) is 64.7 Å². The van der Waals surface area contributed by atoms with Gasteiger partial charge in [0.05, 0.1) is 18.5 Å². The first-order valence-corrected chi connectivity index (χ1v) is 11.4. The average molecular weight is 403 g/mol. The molecule has 28 heavy (non-hydrogen) atoms. The molecule has 0 fully saturated rings. The molecule has 1 N–H and O–H groups in total. The number of anilines is 1. The van der Waals surface area contributed by atoms with Crippen LogP contribution in [0, 0.1) is 13.8 Å². The molecule has 2 aromatic rings. The minimum atomic E-state index is -3.45. The molecule has 0 radical (unpaired) electrons. The Morgan fingerprint density at radius 3 is 2.32 bits per heavy atom. The van der Waals surface area contributed by atoms with Crippen LogP contribution in [0.4, 0.5) is 5.69 Å². The Hall–Kier alpha value is -2.34. The number of benzene rings is 2. The minimum Gasteiger partial charge on any atom is -0.350 e. The van der Waals surface area contributed by atoms with E-state index in [9.17, 15) is 13.2 Å². The van der Waals surface area contributed by atoms with Crippen molar-refractivity contribution in [3.63, 3.8) is 0 Å². The zero-order valence-electron chi connectivity index (χ0n) is 17.3. The predicted molar refractivity (Wildman–Crippen MR) is 115 cm³/mol. The molecular weight excluding hydrogens is 372 g/mol. The van der Waals surface area contributed by atoms with Crippen LogP contribution in [0.2, 0.25) is 0 Å². The molecule has 0 saturated carbocycles. The second kappa shape index (κ2) is 9.24. The molecule has 6 heteroatoms. The summed E-state index contributed by atoms with van der Waals surface area (Å²) < 4.78 is 26.2. The summed E-state index contributed by atoms with van der Waals surface area (Å²) >= 11 is 0. The molecule has 1 unspecified atom stereocenters. The number of hydrogen-bond donors (Lipinski definition) is 1. The van der Waals surface area contributed by atoms with Crippen LogP contribution in [-0.4, -0.2) is 26.6 Å². The second-order valence-corrected chi connectivity index (χ2v) is 9.33. The number of nitrogens with one attached hydrogen (secondary N) is 1. The molecule has 2 rings (SSSR count). The molecule has 0 spiro atoms. The summed E-state index contributed by atoms with van der Waals surface area (Å²) in [6.45, 7) is 8.14. The SMILES string of the molecule is CCCC(C)NC(=O)c1ccc(CN(c2cc(C)ccc2C)S(C)(=O)=O)cc1. The Labute approximate surface area is 168 Å². The normalized spacial score (nSPS) is 12.5. The number of sulfonamides is 1. The highest BCUT2D eigenvalue weighted by atomic mass is 32.2. The van der Waals surface area contributed by atoms with E-state index in [2.05, 4.69) is 12.2 Å². The molecule has 0 bridgehead atoms. The van der Waals surface area contributed by atoms with Gasteiger partial charge in [-0.3, -0.25) is 9.10 Å². The molecule has 1 amide bonds. The predicted octanol–water partition coefficient (Wildman–Crippen LogP) is 4.19. The molecule has 0 aromatic heterocycles. The Morgan fingerprint density at radius 1 is 1.11 bits per heavy atom. The van der Waals surface area contributed by atoms with Crippen LogP contribution in [-0.2, 0) is 16.6 Å². The molecule has 0 heterocycles. The summed E-state index contributed by atoms with van der Waals surface area (Å²) in [6, 6.07) is 13.0. The van der Waals surface area contributed by atoms with E-state index in [4.69, 9.17) is 0 Å². The van der Waals surface area contributed by atoms with Crippen LogP contribution in [0.5, 0.6) is 0 Å². The number of carbonyl (C=O) groups excluding carboxylic acids is 1. The minimum absolute atomic E-state index is 0.109. The number of hydrogen-bond acceptors (Lipinski definition) is 3. The molecular formula is C22H30N2O3S. The van der Waals surface area contributed by atoms with Crippen LogP contribution >= 0.6 is 0 Å². The molecule has 0 saturated heterocycles. The number of carbonyl (C=O) groups is 1. The van der Waals surface area contributed by atoms with Crippen molar-refractivity contribution in [3.8, 4) is 0 Å². The number of aryl methyl sites for hydroxylation is 2. The Balaban J connectivity index is 2.22. The molecule has 0 aliphatic rings. The smallest absolute Gasteiger partial charge is 0.251 e. The summed E-state index contributed by atoms with van der Waals surface area (Å²) in [4.78, 5) is 12.3. The summed E-state index contributed by atoms with van der Waals surface area (Å²) in [5.74, 6) is -0.109. The van der Waals surface area contributed by atoms with Crippen molar-refractivity contribution >= 4 is 21.6 Å². The quantitative estimate of drug-likeness (QED) is 0.720.